The predicted molar refractivity (Wildman–Crippen MR) is 86.6 cm³/mol. The molecule has 1 aliphatic rings. The number of likely N-dealkylation sites (N-methyl/N-ethyl adjacent to an activating group) is 1. The van der Waals surface area contributed by atoms with Gasteiger partial charge in [-0.15, -0.1) is 11.3 Å². The van der Waals surface area contributed by atoms with Crippen LogP contribution in [0, 0.1) is 6.92 Å². The standard InChI is InChI=1S/C16H18N2O4S/c1-11-3-4-12(22-11)13-5-6-14(23-13)15(19)17(2)7-8-18-9-10-21-16(18)20/h3-6H,7-10H2,1-2H3. The molecule has 0 radical (unpaired) electrons. The molecule has 1 aliphatic heterocycles. The summed E-state index contributed by atoms with van der Waals surface area (Å²) in [6, 6.07) is 7.50. The molecule has 2 aromatic rings. The Balaban J connectivity index is 1.61. The number of amides is 2. The average Bonchev–Trinajstić information content (AvgIpc) is 3.25. The highest BCUT2D eigenvalue weighted by Crippen LogP contribution is 2.30. The molecule has 3 rings (SSSR count). The summed E-state index contributed by atoms with van der Waals surface area (Å²) in [5.74, 6) is 1.56. The first kappa shape index (κ1) is 15.6. The number of carbonyl (C=O) groups excluding carboxylic acids is 2. The molecule has 23 heavy (non-hydrogen) atoms. The molecular formula is C16H18N2O4S. The van der Waals surface area contributed by atoms with Gasteiger partial charge >= 0.3 is 6.09 Å². The second-order valence-corrected chi connectivity index (χ2v) is 6.49. The molecule has 0 spiro atoms. The van der Waals surface area contributed by atoms with Crippen molar-refractivity contribution in [3.8, 4) is 10.6 Å². The van der Waals surface area contributed by atoms with Crippen LogP contribution in [0.3, 0.4) is 0 Å². The number of hydrogen-bond donors (Lipinski definition) is 0. The highest BCUT2D eigenvalue weighted by molar-refractivity contribution is 7.17. The summed E-state index contributed by atoms with van der Waals surface area (Å²) in [5.41, 5.74) is 0. The fourth-order valence-electron chi connectivity index (χ4n) is 2.34. The molecule has 2 amide bonds. The van der Waals surface area contributed by atoms with Gasteiger partial charge in [-0.1, -0.05) is 0 Å². The predicted octanol–water partition coefficient (Wildman–Crippen LogP) is 2.84. The lowest BCUT2D eigenvalue weighted by atomic mass is 10.3. The molecule has 0 atom stereocenters. The summed E-state index contributed by atoms with van der Waals surface area (Å²) in [4.78, 5) is 28.6. The number of hydrogen-bond acceptors (Lipinski definition) is 5. The van der Waals surface area contributed by atoms with Crippen LogP contribution < -0.4 is 0 Å². The van der Waals surface area contributed by atoms with Crippen LogP contribution in [0.5, 0.6) is 0 Å². The van der Waals surface area contributed by atoms with Crippen LogP contribution in [0.2, 0.25) is 0 Å². The lowest BCUT2D eigenvalue weighted by Gasteiger charge is -2.19. The fourth-order valence-corrected chi connectivity index (χ4v) is 3.30. The lowest BCUT2D eigenvalue weighted by molar-refractivity contribution is 0.0787. The van der Waals surface area contributed by atoms with E-state index in [-0.39, 0.29) is 12.0 Å². The third-order valence-electron chi connectivity index (χ3n) is 3.70. The quantitative estimate of drug-likeness (QED) is 0.843. The van der Waals surface area contributed by atoms with Gasteiger partial charge in [0, 0.05) is 20.1 Å². The molecule has 0 aromatic carbocycles. The second-order valence-electron chi connectivity index (χ2n) is 5.40. The number of thiophene rings is 1. The number of furan rings is 1. The van der Waals surface area contributed by atoms with Gasteiger partial charge in [-0.2, -0.15) is 0 Å². The Hall–Kier alpha value is -2.28. The number of aryl methyl sites for hydroxylation is 1. The molecule has 0 unspecified atom stereocenters. The zero-order valence-electron chi connectivity index (χ0n) is 13.1. The number of ether oxygens (including phenoxy) is 1. The minimum absolute atomic E-state index is 0.0582. The van der Waals surface area contributed by atoms with Gasteiger partial charge < -0.3 is 19.0 Å². The molecule has 122 valence electrons. The molecule has 0 bridgehead atoms. The van der Waals surface area contributed by atoms with Crippen molar-refractivity contribution in [1.29, 1.82) is 0 Å². The maximum atomic E-state index is 12.5. The molecular weight excluding hydrogens is 316 g/mol. The van der Waals surface area contributed by atoms with Gasteiger partial charge in [0.15, 0.2) is 0 Å². The third kappa shape index (κ3) is 3.39. The molecule has 1 fully saturated rings. The Labute approximate surface area is 138 Å². The van der Waals surface area contributed by atoms with Crippen LogP contribution in [0.1, 0.15) is 15.4 Å². The van der Waals surface area contributed by atoms with Gasteiger partial charge in [-0.05, 0) is 31.2 Å². The van der Waals surface area contributed by atoms with Crippen molar-refractivity contribution in [2.75, 3.05) is 33.3 Å². The maximum absolute atomic E-state index is 12.5. The first-order valence-corrected chi connectivity index (χ1v) is 8.20. The topological polar surface area (TPSA) is 63.0 Å². The van der Waals surface area contributed by atoms with Crippen molar-refractivity contribution in [3.05, 3.63) is 34.9 Å². The van der Waals surface area contributed by atoms with Crippen LogP contribution in [-0.4, -0.2) is 55.1 Å². The van der Waals surface area contributed by atoms with E-state index in [0.717, 1.165) is 16.4 Å². The van der Waals surface area contributed by atoms with E-state index in [1.807, 2.05) is 25.1 Å². The van der Waals surface area contributed by atoms with E-state index in [1.165, 1.54) is 11.3 Å². The summed E-state index contributed by atoms with van der Waals surface area (Å²) in [6.45, 7) is 3.85. The van der Waals surface area contributed by atoms with Gasteiger partial charge in [0.05, 0.1) is 16.3 Å². The highest BCUT2D eigenvalue weighted by atomic mass is 32.1. The van der Waals surface area contributed by atoms with Gasteiger partial charge in [0.25, 0.3) is 5.91 Å². The van der Waals surface area contributed by atoms with E-state index in [9.17, 15) is 9.59 Å². The zero-order chi connectivity index (χ0) is 16.4. The molecule has 6 nitrogen and oxygen atoms in total. The Morgan fingerprint density at radius 1 is 1.35 bits per heavy atom. The second kappa shape index (κ2) is 6.45. The number of carbonyl (C=O) groups is 2. The summed E-state index contributed by atoms with van der Waals surface area (Å²) in [7, 11) is 1.74. The van der Waals surface area contributed by atoms with Gasteiger partial charge in [0.1, 0.15) is 18.1 Å². The largest absolute Gasteiger partial charge is 0.461 e. The molecule has 3 heterocycles. The third-order valence-corrected chi connectivity index (χ3v) is 4.78. The van der Waals surface area contributed by atoms with E-state index in [0.29, 0.717) is 31.1 Å². The maximum Gasteiger partial charge on any atom is 0.409 e. The van der Waals surface area contributed by atoms with E-state index in [4.69, 9.17) is 9.15 Å². The van der Waals surface area contributed by atoms with Gasteiger partial charge in [-0.25, -0.2) is 4.79 Å². The van der Waals surface area contributed by atoms with Gasteiger partial charge in [0.2, 0.25) is 0 Å². The molecule has 7 heteroatoms. The van der Waals surface area contributed by atoms with Crippen LogP contribution in [0.15, 0.2) is 28.7 Å². The average molecular weight is 334 g/mol. The Morgan fingerprint density at radius 2 is 2.17 bits per heavy atom. The summed E-state index contributed by atoms with van der Waals surface area (Å²) < 4.78 is 10.4. The summed E-state index contributed by atoms with van der Waals surface area (Å²) >= 11 is 1.40. The highest BCUT2D eigenvalue weighted by Gasteiger charge is 2.23. The molecule has 0 saturated carbocycles. The number of rotatable bonds is 5. The van der Waals surface area contributed by atoms with Crippen LogP contribution in [0.4, 0.5) is 4.79 Å². The summed E-state index contributed by atoms with van der Waals surface area (Å²) in [6.07, 6.45) is -0.308. The Kier molecular flexibility index (Phi) is 4.38. The first-order valence-electron chi connectivity index (χ1n) is 7.38. The number of nitrogens with zero attached hydrogens (tertiary/aromatic N) is 2. The van der Waals surface area contributed by atoms with E-state index >= 15 is 0 Å². The molecule has 1 saturated heterocycles. The van der Waals surface area contributed by atoms with E-state index in [1.54, 1.807) is 22.9 Å². The SMILES string of the molecule is Cc1ccc(-c2ccc(C(=O)N(C)CCN3CCOC3=O)s2)o1. The monoisotopic (exact) mass is 334 g/mol. The van der Waals surface area contributed by atoms with Crippen LogP contribution in [-0.2, 0) is 4.74 Å². The van der Waals surface area contributed by atoms with E-state index < -0.39 is 0 Å². The first-order chi connectivity index (χ1) is 11.0. The van der Waals surface area contributed by atoms with Gasteiger partial charge in [-0.3, -0.25) is 4.79 Å². The van der Waals surface area contributed by atoms with Crippen molar-refractivity contribution in [1.82, 2.24) is 9.80 Å². The Morgan fingerprint density at radius 3 is 2.83 bits per heavy atom. The molecule has 2 aromatic heterocycles. The molecule has 0 aliphatic carbocycles. The van der Waals surface area contributed by atoms with Crippen molar-refractivity contribution in [3.63, 3.8) is 0 Å². The fraction of sp³-hybridized carbons (Fsp3) is 0.375. The lowest BCUT2D eigenvalue weighted by Crippen LogP contribution is -2.36. The minimum atomic E-state index is -0.308. The number of cyclic esters (lactones) is 1. The molecule has 0 N–H and O–H groups in total. The van der Waals surface area contributed by atoms with Crippen LogP contribution in [0.25, 0.3) is 10.6 Å². The van der Waals surface area contributed by atoms with Crippen molar-refractivity contribution >= 4 is 23.3 Å². The zero-order valence-corrected chi connectivity index (χ0v) is 13.9. The van der Waals surface area contributed by atoms with Crippen molar-refractivity contribution in [2.24, 2.45) is 0 Å². The minimum Gasteiger partial charge on any atom is -0.461 e. The van der Waals surface area contributed by atoms with E-state index in [2.05, 4.69) is 0 Å². The summed E-state index contributed by atoms with van der Waals surface area (Å²) in [5, 5.41) is 0. The normalized spacial score (nSPS) is 14.2. The smallest absolute Gasteiger partial charge is 0.409 e. The van der Waals surface area contributed by atoms with Crippen molar-refractivity contribution in [2.45, 2.75) is 6.92 Å². The van der Waals surface area contributed by atoms with Crippen LogP contribution >= 0.6 is 11.3 Å². The van der Waals surface area contributed by atoms with Crippen molar-refractivity contribution < 1.29 is 18.7 Å². The Bertz CT molecular complexity index is 721.